The first-order valence-corrected chi connectivity index (χ1v) is 8.94. The van der Waals surface area contributed by atoms with Crippen molar-refractivity contribution in [1.29, 1.82) is 0 Å². The van der Waals surface area contributed by atoms with Crippen LogP contribution in [0.1, 0.15) is 27.1 Å². The van der Waals surface area contributed by atoms with E-state index >= 15 is 0 Å². The van der Waals surface area contributed by atoms with E-state index in [4.69, 9.17) is 14.2 Å². The van der Waals surface area contributed by atoms with Gasteiger partial charge in [-0.1, -0.05) is 0 Å². The van der Waals surface area contributed by atoms with E-state index in [1.165, 1.54) is 58.8 Å². The Morgan fingerprint density at radius 1 is 0.781 bits per heavy atom. The number of methoxy groups -OCH3 is 4. The van der Waals surface area contributed by atoms with Crippen molar-refractivity contribution in [2.24, 2.45) is 0 Å². The lowest BCUT2D eigenvalue weighted by molar-refractivity contribution is -0.139. The molecule has 0 aromatic heterocycles. The third-order valence-electron chi connectivity index (χ3n) is 3.80. The topological polar surface area (TPSA) is 80.3 Å². The number of esters is 2. The minimum Gasteiger partial charge on any atom is -0.494 e. The Hall–Kier alpha value is -3.50. The number of ether oxygens (including phenoxy) is 5. The van der Waals surface area contributed by atoms with Gasteiger partial charge in [0.2, 0.25) is 0 Å². The summed E-state index contributed by atoms with van der Waals surface area (Å²) in [7, 11) is 5.15. The number of hydrogen-bond donors (Lipinski definition) is 0. The minimum atomic E-state index is -4.28. The van der Waals surface area contributed by atoms with Crippen LogP contribution in [-0.2, 0) is 9.47 Å². The Balaban J connectivity index is 0.000000343. The van der Waals surface area contributed by atoms with Gasteiger partial charge in [-0.2, -0.15) is 13.2 Å². The van der Waals surface area contributed by atoms with Crippen molar-refractivity contribution in [3.63, 3.8) is 0 Å². The highest BCUT2D eigenvalue weighted by molar-refractivity contribution is 5.90. The fourth-order valence-corrected chi connectivity index (χ4v) is 2.21. The molecule has 7 nitrogen and oxygen atoms in total. The maximum Gasteiger partial charge on any atom is 0.392 e. The molecule has 32 heavy (non-hydrogen) atoms. The summed E-state index contributed by atoms with van der Waals surface area (Å²) in [6.07, 6.45) is -5.34. The minimum absolute atomic E-state index is 0.0305. The molecule has 0 heterocycles. The number of alkyl halides is 3. The fourth-order valence-electron chi connectivity index (χ4n) is 2.21. The van der Waals surface area contributed by atoms with Gasteiger partial charge in [0, 0.05) is 0 Å². The molecule has 2 aromatic rings. The molecule has 0 aliphatic heterocycles. The highest BCUT2D eigenvalue weighted by Crippen LogP contribution is 2.29. The molecule has 0 fully saturated rings. The molecule has 0 aliphatic carbocycles. The molecular formula is C21H22F4O7. The number of carbonyl (C=O) groups excluding carboxylic acids is 2. The summed E-state index contributed by atoms with van der Waals surface area (Å²) in [6, 6.07) is 7.88. The molecule has 176 valence electrons. The van der Waals surface area contributed by atoms with Gasteiger partial charge in [-0.3, -0.25) is 0 Å². The number of hydrogen-bond acceptors (Lipinski definition) is 7. The van der Waals surface area contributed by atoms with Gasteiger partial charge in [0.25, 0.3) is 0 Å². The molecule has 2 rings (SSSR count). The van der Waals surface area contributed by atoms with Gasteiger partial charge in [0.1, 0.15) is 0 Å². The van der Waals surface area contributed by atoms with Crippen LogP contribution >= 0.6 is 0 Å². The fraction of sp³-hybridized carbons (Fsp3) is 0.333. The highest BCUT2D eigenvalue weighted by Gasteiger charge is 2.27. The van der Waals surface area contributed by atoms with E-state index < -0.39 is 37.0 Å². The van der Waals surface area contributed by atoms with Gasteiger partial charge in [0.05, 0.1) is 52.6 Å². The van der Waals surface area contributed by atoms with Gasteiger partial charge >= 0.3 is 18.1 Å². The molecule has 0 bridgehead atoms. The zero-order chi connectivity index (χ0) is 24.3. The first kappa shape index (κ1) is 26.5. The quantitative estimate of drug-likeness (QED) is 0.445. The predicted octanol–water partition coefficient (Wildman–Crippen LogP) is 4.43. The van der Waals surface area contributed by atoms with Crippen molar-refractivity contribution in [2.45, 2.75) is 12.6 Å². The second kappa shape index (κ2) is 12.4. The molecule has 0 radical (unpaired) electrons. The summed E-state index contributed by atoms with van der Waals surface area (Å²) >= 11 is 0. The van der Waals surface area contributed by atoms with Crippen molar-refractivity contribution < 1.29 is 50.8 Å². The number of benzene rings is 2. The Morgan fingerprint density at radius 2 is 1.28 bits per heavy atom. The number of halogens is 4. The number of rotatable bonds is 7. The van der Waals surface area contributed by atoms with Crippen molar-refractivity contribution in [1.82, 2.24) is 0 Å². The lowest BCUT2D eigenvalue weighted by atomic mass is 10.2. The van der Waals surface area contributed by atoms with E-state index in [2.05, 4.69) is 9.47 Å². The molecule has 0 saturated heterocycles. The van der Waals surface area contributed by atoms with E-state index in [1.807, 2.05) is 0 Å². The van der Waals surface area contributed by atoms with Crippen molar-refractivity contribution in [3.8, 4) is 17.2 Å². The zero-order valence-electron chi connectivity index (χ0n) is 17.7. The molecule has 0 atom stereocenters. The molecule has 0 N–H and O–H groups in total. The van der Waals surface area contributed by atoms with E-state index in [1.54, 1.807) is 0 Å². The van der Waals surface area contributed by atoms with Gasteiger partial charge < -0.3 is 23.7 Å². The van der Waals surface area contributed by atoms with Crippen LogP contribution in [-0.4, -0.2) is 53.2 Å². The van der Waals surface area contributed by atoms with Crippen LogP contribution < -0.4 is 14.2 Å². The zero-order valence-corrected chi connectivity index (χ0v) is 17.7. The predicted molar refractivity (Wildman–Crippen MR) is 105 cm³/mol. The first-order valence-electron chi connectivity index (χ1n) is 8.94. The monoisotopic (exact) mass is 462 g/mol. The van der Waals surface area contributed by atoms with Gasteiger partial charge in [-0.05, 0) is 36.4 Å². The summed E-state index contributed by atoms with van der Waals surface area (Å²) < 4.78 is 72.4. The van der Waals surface area contributed by atoms with Crippen LogP contribution in [0, 0.1) is 5.82 Å². The summed E-state index contributed by atoms with van der Waals surface area (Å²) in [5, 5.41) is 0. The van der Waals surface area contributed by atoms with Crippen LogP contribution in [0.25, 0.3) is 0 Å². The van der Waals surface area contributed by atoms with E-state index in [0.29, 0.717) is 0 Å². The van der Waals surface area contributed by atoms with Crippen LogP contribution in [0.3, 0.4) is 0 Å². The van der Waals surface area contributed by atoms with Crippen LogP contribution in [0.15, 0.2) is 36.4 Å². The Morgan fingerprint density at radius 3 is 1.75 bits per heavy atom. The van der Waals surface area contributed by atoms with Gasteiger partial charge in [-0.25, -0.2) is 14.0 Å². The summed E-state index contributed by atoms with van der Waals surface area (Å²) in [6.45, 7) is -0.516. The molecule has 0 aliphatic rings. The van der Waals surface area contributed by atoms with E-state index in [0.717, 1.165) is 6.07 Å². The van der Waals surface area contributed by atoms with Crippen molar-refractivity contribution >= 4 is 11.9 Å². The molecule has 0 spiro atoms. The largest absolute Gasteiger partial charge is 0.494 e. The molecule has 2 aromatic carbocycles. The second-order valence-electron chi connectivity index (χ2n) is 5.91. The summed E-state index contributed by atoms with van der Waals surface area (Å²) in [4.78, 5) is 22.3. The van der Waals surface area contributed by atoms with Gasteiger partial charge in [0.15, 0.2) is 23.1 Å². The smallest absolute Gasteiger partial charge is 0.392 e. The Kier molecular flexibility index (Phi) is 10.3. The van der Waals surface area contributed by atoms with E-state index in [9.17, 15) is 27.2 Å². The molecule has 11 heteroatoms. The maximum absolute atomic E-state index is 12.9. The van der Waals surface area contributed by atoms with E-state index in [-0.39, 0.29) is 28.4 Å². The van der Waals surface area contributed by atoms with Gasteiger partial charge in [-0.15, -0.1) is 0 Å². The Labute approximate surface area is 181 Å². The van der Waals surface area contributed by atoms with Crippen LogP contribution in [0.5, 0.6) is 17.2 Å². The second-order valence-corrected chi connectivity index (χ2v) is 5.91. The maximum atomic E-state index is 12.9. The summed E-state index contributed by atoms with van der Waals surface area (Å²) in [5.74, 6) is -1.25. The lowest BCUT2D eigenvalue weighted by Crippen LogP contribution is -2.13. The average molecular weight is 462 g/mol. The molecular weight excluding hydrogens is 440 g/mol. The SMILES string of the molecule is COC(=O)c1ccc(F)c(OC)c1.COC(=O)c1ccc(OCCC(F)(F)F)c(OC)c1. The Bertz CT molecular complexity index is 914. The third kappa shape index (κ3) is 8.32. The molecule has 0 amide bonds. The summed E-state index contributed by atoms with van der Waals surface area (Å²) in [5.41, 5.74) is 0.489. The number of carbonyl (C=O) groups is 2. The van der Waals surface area contributed by atoms with Crippen molar-refractivity contribution in [3.05, 3.63) is 53.3 Å². The lowest BCUT2D eigenvalue weighted by Gasteiger charge is -2.12. The molecule has 0 unspecified atom stereocenters. The van der Waals surface area contributed by atoms with Crippen LogP contribution in [0.2, 0.25) is 0 Å². The third-order valence-corrected chi connectivity index (χ3v) is 3.80. The first-order chi connectivity index (χ1) is 15.1. The standard InChI is InChI=1S/C12H13F3O4.C9H9FO3/c1-17-10-7-8(11(16)18-2)3-4-9(10)19-6-5-12(13,14)15;1-12-8-5-6(9(11)13-2)3-4-7(8)10/h3-4,7H,5-6H2,1-2H3;3-5H,1-2H3. The molecule has 0 saturated carbocycles. The normalized spacial score (nSPS) is 10.4. The average Bonchev–Trinajstić information content (AvgIpc) is 2.78. The van der Waals surface area contributed by atoms with Crippen LogP contribution in [0.4, 0.5) is 17.6 Å². The van der Waals surface area contributed by atoms with Crippen molar-refractivity contribution in [2.75, 3.05) is 35.0 Å². The highest BCUT2D eigenvalue weighted by atomic mass is 19.4.